The van der Waals surface area contributed by atoms with Crippen LogP contribution < -0.4 is 14.8 Å². The van der Waals surface area contributed by atoms with Crippen LogP contribution in [0.15, 0.2) is 35.7 Å². The third-order valence-corrected chi connectivity index (χ3v) is 5.08. The van der Waals surface area contributed by atoms with E-state index in [0.29, 0.717) is 19.6 Å². The van der Waals surface area contributed by atoms with E-state index in [1.165, 1.54) is 10.4 Å². The quantitative estimate of drug-likeness (QED) is 0.725. The summed E-state index contributed by atoms with van der Waals surface area (Å²) >= 11 is 1.74. The van der Waals surface area contributed by atoms with Gasteiger partial charge in [-0.25, -0.2) is 0 Å². The van der Waals surface area contributed by atoms with Crippen LogP contribution >= 0.6 is 11.3 Å². The monoisotopic (exact) mass is 359 g/mol. The number of ether oxygens (including phenoxy) is 2. The van der Waals surface area contributed by atoms with Crippen LogP contribution in [0.2, 0.25) is 0 Å². The zero-order valence-electron chi connectivity index (χ0n) is 14.8. The number of fused-ring (bicyclic) bond motifs is 1. The Balaban J connectivity index is 1.36. The lowest BCUT2D eigenvalue weighted by Gasteiger charge is -2.18. The fraction of sp³-hybridized carbons (Fsp3) is 0.450. The first kappa shape index (κ1) is 17.8. The van der Waals surface area contributed by atoms with Crippen molar-refractivity contribution in [2.75, 3.05) is 13.2 Å². The lowest BCUT2D eigenvalue weighted by atomic mass is 10.0. The Bertz CT molecular complexity index is 710. The molecule has 0 saturated heterocycles. The third-order valence-electron chi connectivity index (χ3n) is 4.14. The van der Waals surface area contributed by atoms with Crippen molar-refractivity contribution in [1.29, 1.82) is 0 Å². The summed E-state index contributed by atoms with van der Waals surface area (Å²) in [6.45, 7) is 5.10. The topological polar surface area (TPSA) is 47.6 Å². The minimum absolute atomic E-state index is 0.0795. The van der Waals surface area contributed by atoms with Crippen LogP contribution in [0.4, 0.5) is 0 Å². The van der Waals surface area contributed by atoms with Crippen molar-refractivity contribution < 1.29 is 14.3 Å². The minimum Gasteiger partial charge on any atom is -0.488 e. The zero-order valence-corrected chi connectivity index (χ0v) is 15.7. The van der Waals surface area contributed by atoms with Gasteiger partial charge < -0.3 is 14.8 Å². The Morgan fingerprint density at radius 2 is 2.20 bits per heavy atom. The van der Waals surface area contributed by atoms with Gasteiger partial charge in [0.25, 0.3) is 0 Å². The normalized spacial score (nSPS) is 14.6. The highest BCUT2D eigenvalue weighted by atomic mass is 32.1. The van der Waals surface area contributed by atoms with Gasteiger partial charge in [-0.2, -0.15) is 0 Å². The summed E-state index contributed by atoms with van der Waals surface area (Å²) in [5, 5.41) is 4.98. The molecule has 0 radical (unpaired) electrons. The van der Waals surface area contributed by atoms with Gasteiger partial charge in [-0.05, 0) is 44.2 Å². The SMILES string of the molecule is CC1(C)Cc2cccc(OCCNC(=O)CCCc3cccs3)c2O1. The minimum atomic E-state index is -0.182. The van der Waals surface area contributed by atoms with Crippen LogP contribution in [0.25, 0.3) is 0 Å². The molecule has 1 amide bonds. The van der Waals surface area contributed by atoms with E-state index in [4.69, 9.17) is 9.47 Å². The number of aryl methyl sites for hydroxylation is 1. The molecular weight excluding hydrogens is 334 g/mol. The predicted octanol–water partition coefficient (Wildman–Crippen LogP) is 3.98. The Hall–Kier alpha value is -2.01. The summed E-state index contributed by atoms with van der Waals surface area (Å²) in [6.07, 6.45) is 3.28. The number of rotatable bonds is 8. The summed E-state index contributed by atoms with van der Waals surface area (Å²) in [5.74, 6) is 1.68. The fourth-order valence-electron chi connectivity index (χ4n) is 3.02. The molecule has 4 nitrogen and oxygen atoms in total. The number of benzene rings is 1. The van der Waals surface area contributed by atoms with Crippen LogP contribution in [-0.2, 0) is 17.6 Å². The molecule has 1 N–H and O–H groups in total. The van der Waals surface area contributed by atoms with Gasteiger partial charge in [-0.15, -0.1) is 11.3 Å². The molecule has 0 bridgehead atoms. The molecular formula is C20H25NO3S. The van der Waals surface area contributed by atoms with Crippen LogP contribution in [0.5, 0.6) is 11.5 Å². The number of amides is 1. The van der Waals surface area contributed by atoms with Crippen molar-refractivity contribution in [3.63, 3.8) is 0 Å². The molecule has 0 aliphatic carbocycles. The maximum atomic E-state index is 11.9. The number of carbonyl (C=O) groups excluding carboxylic acids is 1. The summed E-state index contributed by atoms with van der Waals surface area (Å²) < 4.78 is 11.8. The highest BCUT2D eigenvalue weighted by Gasteiger charge is 2.32. The first-order valence-electron chi connectivity index (χ1n) is 8.76. The van der Waals surface area contributed by atoms with E-state index >= 15 is 0 Å². The van der Waals surface area contributed by atoms with E-state index in [2.05, 4.69) is 36.7 Å². The standard InChI is InChI=1S/C20H25NO3S/c1-20(2)14-15-6-3-9-17(19(15)24-20)23-12-11-21-18(22)10-4-7-16-8-5-13-25-16/h3,5-6,8-9,13H,4,7,10-12,14H2,1-2H3,(H,21,22). The fourth-order valence-corrected chi connectivity index (χ4v) is 3.77. The van der Waals surface area contributed by atoms with E-state index in [1.807, 2.05) is 18.2 Å². The molecule has 25 heavy (non-hydrogen) atoms. The zero-order chi connectivity index (χ0) is 17.7. The third kappa shape index (κ3) is 4.98. The average Bonchev–Trinajstić information content (AvgIpc) is 3.17. The molecule has 1 aromatic heterocycles. The molecule has 0 fully saturated rings. The van der Waals surface area contributed by atoms with E-state index in [0.717, 1.165) is 30.8 Å². The van der Waals surface area contributed by atoms with Gasteiger partial charge in [-0.3, -0.25) is 4.79 Å². The number of hydrogen-bond donors (Lipinski definition) is 1. The molecule has 0 unspecified atom stereocenters. The summed E-state index contributed by atoms with van der Waals surface area (Å²) in [4.78, 5) is 13.2. The molecule has 1 aliphatic rings. The van der Waals surface area contributed by atoms with Gasteiger partial charge in [0.2, 0.25) is 5.91 Å². The van der Waals surface area contributed by atoms with Gasteiger partial charge in [0.15, 0.2) is 11.5 Å². The van der Waals surface area contributed by atoms with Crippen molar-refractivity contribution in [2.24, 2.45) is 0 Å². The highest BCUT2D eigenvalue weighted by molar-refractivity contribution is 7.09. The Labute approximate surface area is 153 Å². The maximum absolute atomic E-state index is 11.9. The largest absolute Gasteiger partial charge is 0.488 e. The molecule has 0 atom stereocenters. The predicted molar refractivity (Wildman–Crippen MR) is 101 cm³/mol. The van der Waals surface area contributed by atoms with Crippen molar-refractivity contribution >= 4 is 17.2 Å². The van der Waals surface area contributed by atoms with Crippen molar-refractivity contribution in [3.8, 4) is 11.5 Å². The van der Waals surface area contributed by atoms with Crippen LogP contribution in [0.1, 0.15) is 37.1 Å². The smallest absolute Gasteiger partial charge is 0.220 e. The first-order chi connectivity index (χ1) is 12.0. The molecule has 1 aromatic carbocycles. The second-order valence-corrected chi connectivity index (χ2v) is 7.95. The number of thiophene rings is 1. The van der Waals surface area contributed by atoms with Gasteiger partial charge in [0.05, 0.1) is 6.54 Å². The second kappa shape index (κ2) is 7.91. The van der Waals surface area contributed by atoms with E-state index in [-0.39, 0.29) is 11.5 Å². The summed E-state index contributed by atoms with van der Waals surface area (Å²) in [6, 6.07) is 10.1. The Morgan fingerprint density at radius 3 is 3.00 bits per heavy atom. The summed E-state index contributed by atoms with van der Waals surface area (Å²) in [5.41, 5.74) is 0.999. The lowest BCUT2D eigenvalue weighted by molar-refractivity contribution is -0.121. The molecule has 2 heterocycles. The van der Waals surface area contributed by atoms with Gasteiger partial charge >= 0.3 is 0 Å². The number of para-hydroxylation sites is 1. The van der Waals surface area contributed by atoms with Gasteiger partial charge in [-0.1, -0.05) is 18.2 Å². The molecule has 5 heteroatoms. The van der Waals surface area contributed by atoms with Gasteiger partial charge in [0.1, 0.15) is 12.2 Å². The van der Waals surface area contributed by atoms with E-state index in [9.17, 15) is 4.79 Å². The first-order valence-corrected chi connectivity index (χ1v) is 9.64. The van der Waals surface area contributed by atoms with Crippen molar-refractivity contribution in [2.45, 2.75) is 45.1 Å². The molecule has 3 rings (SSSR count). The molecule has 1 aliphatic heterocycles. The second-order valence-electron chi connectivity index (χ2n) is 6.91. The van der Waals surface area contributed by atoms with E-state index in [1.54, 1.807) is 11.3 Å². The van der Waals surface area contributed by atoms with Crippen molar-refractivity contribution in [1.82, 2.24) is 5.32 Å². The Morgan fingerprint density at radius 1 is 1.32 bits per heavy atom. The molecule has 0 saturated carbocycles. The molecule has 134 valence electrons. The highest BCUT2D eigenvalue weighted by Crippen LogP contribution is 2.41. The number of hydrogen-bond acceptors (Lipinski definition) is 4. The van der Waals surface area contributed by atoms with E-state index < -0.39 is 0 Å². The number of carbonyl (C=O) groups is 1. The maximum Gasteiger partial charge on any atom is 0.220 e. The average molecular weight is 359 g/mol. The molecule has 2 aromatic rings. The molecule has 0 spiro atoms. The lowest BCUT2D eigenvalue weighted by Crippen LogP contribution is -2.28. The van der Waals surface area contributed by atoms with Crippen LogP contribution in [0.3, 0.4) is 0 Å². The van der Waals surface area contributed by atoms with Gasteiger partial charge in [0, 0.05) is 23.3 Å². The summed E-state index contributed by atoms with van der Waals surface area (Å²) in [7, 11) is 0. The van der Waals surface area contributed by atoms with Crippen LogP contribution in [-0.4, -0.2) is 24.7 Å². The Kier molecular flexibility index (Phi) is 5.63. The number of nitrogens with one attached hydrogen (secondary N) is 1. The van der Waals surface area contributed by atoms with Crippen molar-refractivity contribution in [3.05, 3.63) is 46.2 Å². The van der Waals surface area contributed by atoms with Crippen LogP contribution in [0, 0.1) is 0 Å².